The molecule has 0 unspecified atom stereocenters. The molecule has 1 saturated carbocycles. The van der Waals surface area contributed by atoms with Crippen molar-refractivity contribution in [1.29, 1.82) is 0 Å². The highest BCUT2D eigenvalue weighted by Gasteiger charge is 2.29. The van der Waals surface area contributed by atoms with Crippen LogP contribution in [0.5, 0.6) is 5.75 Å². The summed E-state index contributed by atoms with van der Waals surface area (Å²) in [6.07, 6.45) is 6.81. The van der Waals surface area contributed by atoms with E-state index in [-0.39, 0.29) is 0 Å². The maximum absolute atomic E-state index is 9.20. The molecule has 0 atom stereocenters. The maximum Gasteiger partial charge on any atom is 0.115 e. The van der Waals surface area contributed by atoms with Crippen molar-refractivity contribution in [1.82, 2.24) is 0 Å². The summed E-state index contributed by atoms with van der Waals surface area (Å²) in [4.78, 5) is 0. The quantitative estimate of drug-likeness (QED) is 0.783. The van der Waals surface area contributed by atoms with Crippen LogP contribution < -0.4 is 0 Å². The Morgan fingerprint density at radius 1 is 1.20 bits per heavy atom. The van der Waals surface area contributed by atoms with E-state index in [1.54, 1.807) is 12.1 Å². The molecule has 0 aromatic heterocycles. The Bertz CT molecular complexity index is 296. The minimum atomic E-state index is 0.376. The highest BCUT2D eigenvalue weighted by atomic mass is 16.3. The zero-order valence-electron chi connectivity index (χ0n) is 9.45. The average molecular weight is 204 g/mol. The van der Waals surface area contributed by atoms with Gasteiger partial charge in [0.05, 0.1) is 0 Å². The zero-order valence-corrected chi connectivity index (χ0v) is 9.45. The van der Waals surface area contributed by atoms with E-state index in [0.717, 1.165) is 11.8 Å². The molecule has 0 amide bonds. The van der Waals surface area contributed by atoms with E-state index in [1.807, 2.05) is 0 Å². The van der Waals surface area contributed by atoms with Crippen LogP contribution in [-0.4, -0.2) is 5.11 Å². The highest BCUT2D eigenvalue weighted by Crippen LogP contribution is 2.44. The molecule has 15 heavy (non-hydrogen) atoms. The Morgan fingerprint density at radius 3 is 2.47 bits per heavy atom. The largest absolute Gasteiger partial charge is 0.508 e. The number of aromatic hydroxyl groups is 1. The second-order valence-electron chi connectivity index (χ2n) is 4.77. The lowest BCUT2D eigenvalue weighted by atomic mass is 9.69. The van der Waals surface area contributed by atoms with Gasteiger partial charge in [-0.25, -0.2) is 0 Å². The van der Waals surface area contributed by atoms with E-state index in [0.29, 0.717) is 5.75 Å². The normalized spacial score (nSPS) is 24.9. The molecule has 1 fully saturated rings. The lowest BCUT2D eigenvalue weighted by molar-refractivity contribution is 0.243. The topological polar surface area (TPSA) is 20.2 Å². The van der Waals surface area contributed by atoms with E-state index in [2.05, 4.69) is 19.1 Å². The van der Waals surface area contributed by atoms with Crippen molar-refractivity contribution in [3.05, 3.63) is 29.8 Å². The van der Waals surface area contributed by atoms with Gasteiger partial charge in [-0.1, -0.05) is 38.3 Å². The average Bonchev–Trinajstić information content (AvgIpc) is 2.18. The molecule has 0 saturated heterocycles. The molecule has 0 bridgehead atoms. The van der Waals surface area contributed by atoms with Gasteiger partial charge in [0.25, 0.3) is 0 Å². The summed E-state index contributed by atoms with van der Waals surface area (Å²) in [7, 11) is 0. The van der Waals surface area contributed by atoms with Gasteiger partial charge in [0.2, 0.25) is 0 Å². The molecule has 1 aliphatic rings. The number of unbranched alkanes of at least 4 members (excludes halogenated alkanes) is 1. The van der Waals surface area contributed by atoms with Crippen LogP contribution >= 0.6 is 0 Å². The number of hydrogen-bond acceptors (Lipinski definition) is 1. The van der Waals surface area contributed by atoms with Crippen LogP contribution in [0.3, 0.4) is 0 Å². The molecule has 1 heteroatoms. The van der Waals surface area contributed by atoms with Crippen LogP contribution in [0.15, 0.2) is 24.3 Å². The Hall–Kier alpha value is -0.980. The predicted molar refractivity (Wildman–Crippen MR) is 63.1 cm³/mol. The molecule has 1 nitrogen and oxygen atoms in total. The molecule has 1 N–H and O–H groups in total. The summed E-state index contributed by atoms with van der Waals surface area (Å²) < 4.78 is 0. The standard InChI is InChI=1S/C14H20O/c1-2-3-4-11-9-13(10-11)12-5-7-14(15)8-6-12/h5-8,11,13,15H,2-4,9-10H2,1H3. The van der Waals surface area contributed by atoms with Gasteiger partial charge in [-0.15, -0.1) is 0 Å². The number of phenolic OH excluding ortho intramolecular Hbond substituents is 1. The smallest absolute Gasteiger partial charge is 0.115 e. The van der Waals surface area contributed by atoms with Crippen molar-refractivity contribution in [2.45, 2.75) is 44.9 Å². The molecule has 0 radical (unpaired) electrons. The van der Waals surface area contributed by atoms with Crippen molar-refractivity contribution in [2.24, 2.45) is 5.92 Å². The molecule has 1 aromatic rings. The lowest BCUT2D eigenvalue weighted by Gasteiger charge is -2.35. The first kappa shape index (κ1) is 10.5. The Balaban J connectivity index is 1.81. The van der Waals surface area contributed by atoms with E-state index < -0.39 is 0 Å². The number of phenols is 1. The SMILES string of the molecule is CCCCC1CC(c2ccc(O)cc2)C1. The fraction of sp³-hybridized carbons (Fsp3) is 0.571. The van der Waals surface area contributed by atoms with E-state index >= 15 is 0 Å². The molecule has 0 heterocycles. The molecule has 0 aliphatic heterocycles. The van der Waals surface area contributed by atoms with Gasteiger partial charge >= 0.3 is 0 Å². The summed E-state index contributed by atoms with van der Waals surface area (Å²) in [6.45, 7) is 2.26. The summed E-state index contributed by atoms with van der Waals surface area (Å²) in [6, 6.07) is 7.73. The Labute approximate surface area is 92.1 Å². The van der Waals surface area contributed by atoms with E-state index in [9.17, 15) is 5.11 Å². The van der Waals surface area contributed by atoms with Gasteiger partial charge in [0.15, 0.2) is 0 Å². The van der Waals surface area contributed by atoms with Crippen molar-refractivity contribution in [3.8, 4) is 5.75 Å². The molecule has 2 rings (SSSR count). The predicted octanol–water partition coefficient (Wildman–Crippen LogP) is 4.08. The van der Waals surface area contributed by atoms with Crippen LogP contribution in [0.25, 0.3) is 0 Å². The second kappa shape index (κ2) is 4.69. The summed E-state index contributed by atoms with van der Waals surface area (Å²) in [5.74, 6) is 2.09. The molecular formula is C14H20O. The number of benzene rings is 1. The molecular weight excluding hydrogens is 184 g/mol. The van der Waals surface area contributed by atoms with Gasteiger partial charge in [-0.2, -0.15) is 0 Å². The van der Waals surface area contributed by atoms with Crippen LogP contribution in [0, 0.1) is 5.92 Å². The third-order valence-corrected chi connectivity index (χ3v) is 3.57. The number of hydrogen-bond donors (Lipinski definition) is 1. The summed E-state index contributed by atoms with van der Waals surface area (Å²) in [5.41, 5.74) is 1.40. The first-order valence-electron chi connectivity index (χ1n) is 6.08. The first-order valence-corrected chi connectivity index (χ1v) is 6.08. The third kappa shape index (κ3) is 2.53. The molecule has 1 aliphatic carbocycles. The molecule has 1 aromatic carbocycles. The summed E-state index contributed by atoms with van der Waals surface area (Å²) >= 11 is 0. The van der Waals surface area contributed by atoms with Crippen molar-refractivity contribution >= 4 is 0 Å². The van der Waals surface area contributed by atoms with E-state index in [1.165, 1.54) is 37.7 Å². The molecule has 0 spiro atoms. The second-order valence-corrected chi connectivity index (χ2v) is 4.77. The van der Waals surface area contributed by atoms with Crippen LogP contribution in [0.2, 0.25) is 0 Å². The fourth-order valence-corrected chi connectivity index (χ4v) is 2.48. The van der Waals surface area contributed by atoms with Gasteiger partial charge in [-0.3, -0.25) is 0 Å². The third-order valence-electron chi connectivity index (χ3n) is 3.57. The first-order chi connectivity index (χ1) is 7.29. The van der Waals surface area contributed by atoms with Crippen LogP contribution in [0.4, 0.5) is 0 Å². The Morgan fingerprint density at radius 2 is 1.87 bits per heavy atom. The monoisotopic (exact) mass is 204 g/mol. The molecule has 82 valence electrons. The highest BCUT2D eigenvalue weighted by molar-refractivity contribution is 5.29. The summed E-state index contributed by atoms with van der Waals surface area (Å²) in [5, 5.41) is 9.20. The lowest BCUT2D eigenvalue weighted by Crippen LogP contribution is -2.21. The van der Waals surface area contributed by atoms with Crippen molar-refractivity contribution in [3.63, 3.8) is 0 Å². The van der Waals surface area contributed by atoms with Crippen LogP contribution in [0.1, 0.15) is 50.5 Å². The minimum absolute atomic E-state index is 0.376. The Kier molecular flexibility index (Phi) is 3.30. The van der Waals surface area contributed by atoms with Gasteiger partial charge in [0.1, 0.15) is 5.75 Å². The van der Waals surface area contributed by atoms with Crippen LogP contribution in [-0.2, 0) is 0 Å². The van der Waals surface area contributed by atoms with Gasteiger partial charge in [0, 0.05) is 0 Å². The van der Waals surface area contributed by atoms with Crippen molar-refractivity contribution < 1.29 is 5.11 Å². The fourth-order valence-electron chi connectivity index (χ4n) is 2.48. The van der Waals surface area contributed by atoms with Gasteiger partial charge < -0.3 is 5.11 Å². The zero-order chi connectivity index (χ0) is 10.7. The number of rotatable bonds is 4. The van der Waals surface area contributed by atoms with E-state index in [4.69, 9.17) is 0 Å². The van der Waals surface area contributed by atoms with Gasteiger partial charge in [-0.05, 0) is 42.4 Å². The maximum atomic E-state index is 9.20. The van der Waals surface area contributed by atoms with Crippen molar-refractivity contribution in [2.75, 3.05) is 0 Å². The minimum Gasteiger partial charge on any atom is -0.508 e.